The van der Waals surface area contributed by atoms with Crippen LogP contribution in [0.2, 0.25) is 0 Å². The van der Waals surface area contributed by atoms with E-state index in [1.54, 1.807) is 6.07 Å². The predicted octanol–water partition coefficient (Wildman–Crippen LogP) is 4.21. The number of ether oxygens (including phenoxy) is 1. The maximum Gasteiger partial charge on any atom is 0.127 e. The molecule has 1 saturated carbocycles. The summed E-state index contributed by atoms with van der Waals surface area (Å²) in [5, 5.41) is 3.36. The number of hydrogen-bond acceptors (Lipinski definition) is 2. The molecule has 0 saturated heterocycles. The van der Waals surface area contributed by atoms with E-state index in [9.17, 15) is 4.39 Å². The molecule has 2 aliphatic rings. The molecule has 3 heteroatoms. The molecule has 20 heavy (non-hydrogen) atoms. The second-order valence-corrected chi connectivity index (χ2v) is 6.17. The van der Waals surface area contributed by atoms with Gasteiger partial charge in [-0.1, -0.05) is 31.7 Å². The summed E-state index contributed by atoms with van der Waals surface area (Å²) in [5.74, 6) is 1.16. The molecular weight excluding hydrogens is 253 g/mol. The SMILES string of the molecule is CNC1CC(C2CCCCCC2)Oc2cc(F)ccc21. The molecule has 3 rings (SSSR count). The van der Waals surface area contributed by atoms with Crippen molar-refractivity contribution in [2.24, 2.45) is 5.92 Å². The monoisotopic (exact) mass is 277 g/mol. The summed E-state index contributed by atoms with van der Waals surface area (Å²) >= 11 is 0. The molecule has 0 spiro atoms. The van der Waals surface area contributed by atoms with Gasteiger partial charge in [0.05, 0.1) is 0 Å². The molecule has 2 unspecified atom stereocenters. The van der Waals surface area contributed by atoms with Crippen molar-refractivity contribution >= 4 is 0 Å². The Balaban J connectivity index is 1.81. The summed E-state index contributed by atoms with van der Waals surface area (Å²) in [4.78, 5) is 0. The fourth-order valence-electron chi connectivity index (χ4n) is 3.71. The summed E-state index contributed by atoms with van der Waals surface area (Å²) in [5.41, 5.74) is 1.10. The van der Waals surface area contributed by atoms with Crippen LogP contribution in [0, 0.1) is 11.7 Å². The van der Waals surface area contributed by atoms with Crippen LogP contribution in [0.1, 0.15) is 56.6 Å². The van der Waals surface area contributed by atoms with Gasteiger partial charge in [0.1, 0.15) is 17.7 Å². The number of nitrogens with one attached hydrogen (secondary N) is 1. The molecule has 0 amide bonds. The third kappa shape index (κ3) is 2.83. The molecule has 0 bridgehead atoms. The van der Waals surface area contributed by atoms with Crippen LogP contribution in [0.15, 0.2) is 18.2 Å². The van der Waals surface area contributed by atoms with Crippen LogP contribution in [0.4, 0.5) is 4.39 Å². The van der Waals surface area contributed by atoms with Gasteiger partial charge >= 0.3 is 0 Å². The van der Waals surface area contributed by atoms with Crippen LogP contribution in [0.25, 0.3) is 0 Å². The van der Waals surface area contributed by atoms with Crippen LogP contribution < -0.4 is 10.1 Å². The largest absolute Gasteiger partial charge is 0.490 e. The Morgan fingerprint density at radius 2 is 1.90 bits per heavy atom. The minimum Gasteiger partial charge on any atom is -0.490 e. The summed E-state index contributed by atoms with van der Waals surface area (Å²) in [7, 11) is 1.98. The van der Waals surface area contributed by atoms with Crippen LogP contribution in [-0.2, 0) is 0 Å². The van der Waals surface area contributed by atoms with E-state index in [4.69, 9.17) is 4.74 Å². The zero-order valence-electron chi connectivity index (χ0n) is 12.2. The number of hydrogen-bond donors (Lipinski definition) is 1. The summed E-state index contributed by atoms with van der Waals surface area (Å²) in [6.45, 7) is 0. The highest BCUT2D eigenvalue weighted by Gasteiger charge is 2.33. The first-order valence-electron chi connectivity index (χ1n) is 7.91. The van der Waals surface area contributed by atoms with Gasteiger partial charge in [-0.05, 0) is 31.9 Å². The quantitative estimate of drug-likeness (QED) is 0.818. The van der Waals surface area contributed by atoms with Gasteiger partial charge in [0, 0.05) is 24.1 Å². The van der Waals surface area contributed by atoms with Crippen LogP contribution in [0.3, 0.4) is 0 Å². The Kier molecular flexibility index (Phi) is 4.25. The highest BCUT2D eigenvalue weighted by atomic mass is 19.1. The lowest BCUT2D eigenvalue weighted by atomic mass is 9.86. The van der Waals surface area contributed by atoms with E-state index in [1.165, 1.54) is 44.6 Å². The van der Waals surface area contributed by atoms with Gasteiger partial charge in [-0.15, -0.1) is 0 Å². The van der Waals surface area contributed by atoms with E-state index < -0.39 is 0 Å². The Hall–Kier alpha value is -1.09. The van der Waals surface area contributed by atoms with Crippen LogP contribution in [-0.4, -0.2) is 13.2 Å². The Morgan fingerprint density at radius 1 is 1.15 bits per heavy atom. The van der Waals surface area contributed by atoms with Crippen molar-refractivity contribution in [3.63, 3.8) is 0 Å². The van der Waals surface area contributed by atoms with Crippen molar-refractivity contribution in [3.05, 3.63) is 29.6 Å². The molecule has 1 aliphatic heterocycles. The van der Waals surface area contributed by atoms with E-state index in [1.807, 2.05) is 13.1 Å². The van der Waals surface area contributed by atoms with Gasteiger partial charge in [0.15, 0.2) is 0 Å². The Labute approximate surface area is 120 Å². The molecule has 1 heterocycles. The minimum atomic E-state index is -0.208. The number of halogens is 1. The molecule has 1 aromatic rings. The highest BCUT2D eigenvalue weighted by Crippen LogP contribution is 2.40. The van der Waals surface area contributed by atoms with Crippen molar-refractivity contribution in [1.29, 1.82) is 0 Å². The normalized spacial score (nSPS) is 27.5. The zero-order chi connectivity index (χ0) is 13.9. The summed E-state index contributed by atoms with van der Waals surface area (Å²) in [6.07, 6.45) is 9.07. The number of rotatable bonds is 2. The predicted molar refractivity (Wildman–Crippen MR) is 78.4 cm³/mol. The maximum absolute atomic E-state index is 13.5. The van der Waals surface area contributed by atoms with Gasteiger partial charge in [0.25, 0.3) is 0 Å². The molecule has 1 aromatic carbocycles. The molecule has 1 aliphatic carbocycles. The van der Waals surface area contributed by atoms with Gasteiger partial charge in [-0.25, -0.2) is 4.39 Å². The first-order valence-corrected chi connectivity index (χ1v) is 7.91. The fraction of sp³-hybridized carbons (Fsp3) is 0.647. The molecule has 0 aromatic heterocycles. The van der Waals surface area contributed by atoms with Crippen LogP contribution in [0.5, 0.6) is 5.75 Å². The smallest absolute Gasteiger partial charge is 0.127 e. The van der Waals surface area contributed by atoms with Crippen molar-refractivity contribution < 1.29 is 9.13 Å². The second-order valence-electron chi connectivity index (χ2n) is 6.17. The molecular formula is C17H24FNO. The molecule has 2 atom stereocenters. The molecule has 110 valence electrons. The van der Waals surface area contributed by atoms with Crippen molar-refractivity contribution in [2.75, 3.05) is 7.05 Å². The van der Waals surface area contributed by atoms with Crippen molar-refractivity contribution in [1.82, 2.24) is 5.32 Å². The summed E-state index contributed by atoms with van der Waals surface area (Å²) in [6, 6.07) is 5.21. The molecule has 2 nitrogen and oxygen atoms in total. The van der Waals surface area contributed by atoms with Gasteiger partial charge in [0.2, 0.25) is 0 Å². The average molecular weight is 277 g/mol. The highest BCUT2D eigenvalue weighted by molar-refractivity contribution is 5.38. The van der Waals surface area contributed by atoms with Gasteiger partial charge < -0.3 is 10.1 Å². The van der Waals surface area contributed by atoms with Crippen molar-refractivity contribution in [2.45, 2.75) is 57.1 Å². The third-order valence-electron chi connectivity index (χ3n) is 4.87. The third-order valence-corrected chi connectivity index (χ3v) is 4.87. The lowest BCUT2D eigenvalue weighted by Gasteiger charge is -2.36. The van der Waals surface area contributed by atoms with E-state index >= 15 is 0 Å². The van der Waals surface area contributed by atoms with Crippen LogP contribution >= 0.6 is 0 Å². The first-order chi connectivity index (χ1) is 9.78. The number of benzene rings is 1. The number of fused-ring (bicyclic) bond motifs is 1. The average Bonchev–Trinajstić information content (AvgIpc) is 2.74. The van der Waals surface area contributed by atoms with E-state index in [0.29, 0.717) is 5.92 Å². The standard InChI is InChI=1S/C17H24FNO/c1-19-15-11-16(12-6-4-2-3-5-7-12)20-17-10-13(18)8-9-14(15)17/h8-10,12,15-16,19H,2-7,11H2,1H3. The maximum atomic E-state index is 13.5. The molecule has 1 N–H and O–H groups in total. The lowest BCUT2D eigenvalue weighted by molar-refractivity contribution is 0.0852. The Morgan fingerprint density at radius 3 is 2.60 bits per heavy atom. The van der Waals surface area contributed by atoms with Crippen molar-refractivity contribution in [3.8, 4) is 5.75 Å². The minimum absolute atomic E-state index is 0.208. The molecule has 0 radical (unpaired) electrons. The zero-order valence-corrected chi connectivity index (χ0v) is 12.2. The first kappa shape index (κ1) is 13.9. The van der Waals surface area contributed by atoms with E-state index in [-0.39, 0.29) is 18.0 Å². The molecule has 1 fully saturated rings. The Bertz CT molecular complexity index is 454. The van der Waals surface area contributed by atoms with E-state index in [2.05, 4.69) is 5.32 Å². The van der Waals surface area contributed by atoms with E-state index in [0.717, 1.165) is 17.7 Å². The summed E-state index contributed by atoms with van der Waals surface area (Å²) < 4.78 is 19.6. The fourth-order valence-corrected chi connectivity index (χ4v) is 3.71. The lowest BCUT2D eigenvalue weighted by Crippen LogP contribution is -2.36. The second kappa shape index (κ2) is 6.13. The topological polar surface area (TPSA) is 21.3 Å². The van der Waals surface area contributed by atoms with Gasteiger partial charge in [-0.2, -0.15) is 0 Å². The van der Waals surface area contributed by atoms with Gasteiger partial charge in [-0.3, -0.25) is 0 Å².